The van der Waals surface area contributed by atoms with Gasteiger partial charge in [-0.15, -0.1) is 9.51 Å². The number of hydrogen-bond acceptors (Lipinski definition) is 7. The van der Waals surface area contributed by atoms with Gasteiger partial charge in [0.1, 0.15) is 11.6 Å². The number of anilines is 1. The molecule has 0 aliphatic rings. The Balaban J connectivity index is 1.85. The lowest BCUT2D eigenvalue weighted by atomic mass is 10.2. The number of aromatic nitrogens is 4. The summed E-state index contributed by atoms with van der Waals surface area (Å²) in [7, 11) is -0.794. The summed E-state index contributed by atoms with van der Waals surface area (Å²) in [6, 6.07) is 13.7. The number of H-pyrrole nitrogens is 1. The SMILES string of the molecule is CCCc1nc(C)c2c(=O)[nH]c(-c3cc(S(=O)(=O)N(C)N(C)c4ccccc4)ccc3OCC)nn12. The van der Waals surface area contributed by atoms with Gasteiger partial charge in [0.2, 0.25) is 0 Å². The van der Waals surface area contributed by atoms with Crippen molar-refractivity contribution in [3.63, 3.8) is 0 Å². The molecule has 10 nitrogen and oxygen atoms in total. The molecule has 0 saturated heterocycles. The quantitative estimate of drug-likeness (QED) is 0.343. The molecule has 0 unspecified atom stereocenters. The second kappa shape index (κ2) is 10.1. The smallest absolute Gasteiger partial charge is 0.277 e. The molecule has 0 amide bonds. The lowest BCUT2D eigenvalue weighted by molar-refractivity contribution is 0.341. The number of aryl methyl sites for hydroxylation is 2. The maximum Gasteiger partial charge on any atom is 0.277 e. The highest BCUT2D eigenvalue weighted by atomic mass is 32.2. The summed E-state index contributed by atoms with van der Waals surface area (Å²) in [5, 5.41) is 6.18. The molecule has 4 rings (SSSR count). The Morgan fingerprint density at radius 3 is 2.47 bits per heavy atom. The summed E-state index contributed by atoms with van der Waals surface area (Å²) in [4.78, 5) is 20.3. The van der Waals surface area contributed by atoms with Crippen LogP contribution in [0.3, 0.4) is 0 Å². The van der Waals surface area contributed by atoms with Crippen molar-refractivity contribution in [2.75, 3.05) is 25.7 Å². The van der Waals surface area contributed by atoms with Crippen LogP contribution in [-0.4, -0.2) is 53.1 Å². The summed E-state index contributed by atoms with van der Waals surface area (Å²) in [6.07, 6.45) is 1.48. The standard InChI is InChI=1S/C25H30N6O4S/c1-6-11-22-26-17(3)23-25(32)27-24(28-31(22)23)20-16-19(14-15-21(20)35-7-2)36(33,34)30(5)29(4)18-12-9-8-10-13-18/h8-10,12-16H,6-7,11H2,1-5H3,(H,27,28,32). The van der Waals surface area contributed by atoms with Gasteiger partial charge in [-0.25, -0.2) is 17.9 Å². The Morgan fingerprint density at radius 1 is 1.08 bits per heavy atom. The molecule has 0 aliphatic heterocycles. The Kier molecular flexibility index (Phi) is 7.14. The number of aromatic amines is 1. The fourth-order valence-corrected chi connectivity index (χ4v) is 5.23. The minimum atomic E-state index is -3.95. The van der Waals surface area contributed by atoms with E-state index in [-0.39, 0.29) is 16.3 Å². The van der Waals surface area contributed by atoms with E-state index >= 15 is 0 Å². The van der Waals surface area contributed by atoms with Crippen molar-refractivity contribution in [1.29, 1.82) is 0 Å². The van der Waals surface area contributed by atoms with E-state index < -0.39 is 10.0 Å². The molecule has 11 heteroatoms. The molecule has 190 valence electrons. The van der Waals surface area contributed by atoms with Gasteiger partial charge in [0.05, 0.1) is 28.4 Å². The van der Waals surface area contributed by atoms with Crippen LogP contribution in [-0.2, 0) is 16.4 Å². The number of fused-ring (bicyclic) bond motifs is 1. The number of sulfonamides is 1. The van der Waals surface area contributed by atoms with E-state index in [1.54, 1.807) is 29.6 Å². The van der Waals surface area contributed by atoms with Crippen molar-refractivity contribution in [1.82, 2.24) is 24.0 Å². The third-order valence-electron chi connectivity index (χ3n) is 5.92. The molecule has 0 spiro atoms. The van der Waals surface area contributed by atoms with Crippen LogP contribution in [0.25, 0.3) is 16.9 Å². The van der Waals surface area contributed by atoms with Crippen LogP contribution >= 0.6 is 0 Å². The second-order valence-electron chi connectivity index (χ2n) is 8.32. The van der Waals surface area contributed by atoms with Crippen LogP contribution in [0.1, 0.15) is 31.8 Å². The van der Waals surface area contributed by atoms with Crippen molar-refractivity contribution in [2.45, 2.75) is 38.5 Å². The van der Waals surface area contributed by atoms with Gasteiger partial charge in [-0.2, -0.15) is 0 Å². The molecule has 2 aromatic heterocycles. The van der Waals surface area contributed by atoms with Gasteiger partial charge >= 0.3 is 0 Å². The molecule has 0 bridgehead atoms. The van der Waals surface area contributed by atoms with Crippen molar-refractivity contribution in [3.8, 4) is 17.1 Å². The van der Waals surface area contributed by atoms with Crippen LogP contribution in [0.15, 0.2) is 58.2 Å². The van der Waals surface area contributed by atoms with Crippen LogP contribution in [0.5, 0.6) is 5.75 Å². The molecule has 36 heavy (non-hydrogen) atoms. The first-order chi connectivity index (χ1) is 17.2. The Hall–Kier alpha value is -3.70. The zero-order valence-corrected chi connectivity index (χ0v) is 21.8. The van der Waals surface area contributed by atoms with Gasteiger partial charge < -0.3 is 9.72 Å². The number of nitrogens with one attached hydrogen (secondary N) is 1. The number of nitrogens with zero attached hydrogens (tertiary/aromatic N) is 5. The highest BCUT2D eigenvalue weighted by Crippen LogP contribution is 2.32. The van der Waals surface area contributed by atoms with Gasteiger partial charge in [0, 0.05) is 20.5 Å². The largest absolute Gasteiger partial charge is 0.493 e. The topological polar surface area (TPSA) is 113 Å². The average Bonchev–Trinajstić information content (AvgIpc) is 3.19. The first kappa shape index (κ1) is 25.4. The maximum absolute atomic E-state index is 13.6. The lowest BCUT2D eigenvalue weighted by Crippen LogP contribution is -2.41. The monoisotopic (exact) mass is 510 g/mol. The van der Waals surface area contributed by atoms with Crippen molar-refractivity contribution in [3.05, 3.63) is 70.4 Å². The van der Waals surface area contributed by atoms with Crippen molar-refractivity contribution in [2.24, 2.45) is 0 Å². The third kappa shape index (κ3) is 4.59. The van der Waals surface area contributed by atoms with Gasteiger partial charge in [-0.1, -0.05) is 25.1 Å². The number of para-hydroxylation sites is 1. The molecule has 1 N–H and O–H groups in total. The number of ether oxygens (including phenoxy) is 1. The predicted octanol–water partition coefficient (Wildman–Crippen LogP) is 3.42. The van der Waals surface area contributed by atoms with E-state index in [1.165, 1.54) is 23.6 Å². The van der Waals surface area contributed by atoms with E-state index in [9.17, 15) is 13.2 Å². The molecular weight excluding hydrogens is 480 g/mol. The summed E-state index contributed by atoms with van der Waals surface area (Å²) in [6.45, 7) is 5.97. The molecular formula is C25H30N6O4S. The zero-order chi connectivity index (χ0) is 26.0. The number of benzene rings is 2. The van der Waals surface area contributed by atoms with E-state index in [2.05, 4.69) is 15.1 Å². The van der Waals surface area contributed by atoms with Gasteiger partial charge in [-0.3, -0.25) is 9.80 Å². The van der Waals surface area contributed by atoms with Crippen molar-refractivity contribution >= 4 is 21.2 Å². The van der Waals surface area contributed by atoms with Crippen LogP contribution in [0.4, 0.5) is 5.69 Å². The fraction of sp³-hybridized carbons (Fsp3) is 0.320. The summed E-state index contributed by atoms with van der Waals surface area (Å²) >= 11 is 0. The number of imidazole rings is 1. The minimum absolute atomic E-state index is 0.0320. The van der Waals surface area contributed by atoms with Crippen LogP contribution in [0, 0.1) is 6.92 Å². The highest BCUT2D eigenvalue weighted by Gasteiger charge is 2.27. The summed E-state index contributed by atoms with van der Waals surface area (Å²) < 4.78 is 35.6. The third-order valence-corrected chi connectivity index (χ3v) is 7.71. The first-order valence-corrected chi connectivity index (χ1v) is 13.2. The molecule has 0 aliphatic carbocycles. The van der Waals surface area contributed by atoms with Gasteiger partial charge in [0.15, 0.2) is 11.3 Å². The van der Waals surface area contributed by atoms with E-state index in [1.807, 2.05) is 44.2 Å². The van der Waals surface area contributed by atoms with E-state index in [0.717, 1.165) is 6.42 Å². The van der Waals surface area contributed by atoms with Crippen LogP contribution in [0.2, 0.25) is 0 Å². The van der Waals surface area contributed by atoms with E-state index in [0.29, 0.717) is 47.1 Å². The van der Waals surface area contributed by atoms with Crippen molar-refractivity contribution < 1.29 is 13.2 Å². The number of rotatable bonds is 9. The number of hydrazine groups is 1. The Bertz CT molecular complexity index is 1550. The Morgan fingerprint density at radius 2 is 1.81 bits per heavy atom. The first-order valence-electron chi connectivity index (χ1n) is 11.7. The van der Waals surface area contributed by atoms with Gasteiger partial charge in [0.25, 0.3) is 15.6 Å². The second-order valence-corrected chi connectivity index (χ2v) is 10.3. The predicted molar refractivity (Wildman–Crippen MR) is 139 cm³/mol. The highest BCUT2D eigenvalue weighted by molar-refractivity contribution is 7.89. The normalized spacial score (nSPS) is 11.8. The fourth-order valence-electron chi connectivity index (χ4n) is 4.00. The average molecular weight is 511 g/mol. The molecule has 2 heterocycles. The molecule has 0 atom stereocenters. The minimum Gasteiger partial charge on any atom is -0.493 e. The molecule has 0 fully saturated rings. The zero-order valence-electron chi connectivity index (χ0n) is 21.0. The molecule has 2 aromatic carbocycles. The molecule has 0 saturated carbocycles. The molecule has 0 radical (unpaired) electrons. The number of hydrogen-bond donors (Lipinski definition) is 1. The molecule has 4 aromatic rings. The Labute approximate surface area is 210 Å². The summed E-state index contributed by atoms with van der Waals surface area (Å²) in [5.41, 5.74) is 1.68. The maximum atomic E-state index is 13.6. The summed E-state index contributed by atoms with van der Waals surface area (Å²) in [5.74, 6) is 1.28. The van der Waals surface area contributed by atoms with E-state index in [4.69, 9.17) is 4.74 Å². The van der Waals surface area contributed by atoms with Crippen LogP contribution < -0.4 is 15.3 Å². The lowest BCUT2D eigenvalue weighted by Gasteiger charge is -2.29. The van der Waals surface area contributed by atoms with Gasteiger partial charge in [-0.05, 0) is 50.6 Å².